The van der Waals surface area contributed by atoms with Crippen molar-refractivity contribution < 1.29 is 43.4 Å². The second-order valence-electron chi connectivity index (χ2n) is 17.0. The number of oxime groups is 1. The van der Waals surface area contributed by atoms with E-state index < -0.39 is 28.3 Å². The van der Waals surface area contributed by atoms with Crippen molar-refractivity contribution in [3.8, 4) is 11.5 Å². The van der Waals surface area contributed by atoms with Crippen LogP contribution in [0.5, 0.6) is 11.5 Å². The molecule has 0 radical (unpaired) electrons. The molecule has 0 spiro atoms. The van der Waals surface area contributed by atoms with Crippen molar-refractivity contribution >= 4 is 23.4 Å². The number of carbonyl (C=O) groups is 1. The molecule has 1 amide bonds. The van der Waals surface area contributed by atoms with Crippen LogP contribution < -0.4 is 9.47 Å². The lowest BCUT2D eigenvalue weighted by molar-refractivity contribution is -0.384. The third kappa shape index (κ3) is 10.4. The highest BCUT2D eigenvalue weighted by Gasteiger charge is 2.65. The van der Waals surface area contributed by atoms with Gasteiger partial charge < -0.3 is 34.2 Å². The molecule has 326 valence electrons. The molecule has 1 saturated carbocycles. The number of likely N-dealkylation sites (N-methyl/N-ethyl adjacent to an activating group) is 1. The van der Waals surface area contributed by atoms with Gasteiger partial charge >= 0.3 is 0 Å². The van der Waals surface area contributed by atoms with E-state index in [9.17, 15) is 29.5 Å². The van der Waals surface area contributed by atoms with E-state index in [1.165, 1.54) is 24.3 Å². The lowest BCUT2D eigenvalue weighted by Crippen LogP contribution is -2.69. The summed E-state index contributed by atoms with van der Waals surface area (Å²) < 4.78 is 35.1. The van der Waals surface area contributed by atoms with Gasteiger partial charge in [0, 0.05) is 61.9 Å². The number of carbonyl (C=O) groups excluding carboxylic acids is 1. The van der Waals surface area contributed by atoms with Crippen molar-refractivity contribution in [3.05, 3.63) is 130 Å². The van der Waals surface area contributed by atoms with E-state index in [1.807, 2.05) is 32.9 Å². The molecular weight excluding hydrogens is 782 g/mol. The fourth-order valence-electron chi connectivity index (χ4n) is 8.93. The Labute approximate surface area is 357 Å². The molecule has 2 aliphatic carbocycles. The van der Waals surface area contributed by atoms with Gasteiger partial charge in [-0.05, 0) is 112 Å². The summed E-state index contributed by atoms with van der Waals surface area (Å²) in [5.41, 5.74) is 2.79. The smallest absolute Gasteiger partial charge is 0.269 e. The van der Waals surface area contributed by atoms with Crippen LogP contribution in [0.2, 0.25) is 0 Å². The molecule has 6 atom stereocenters. The van der Waals surface area contributed by atoms with Crippen molar-refractivity contribution in [1.29, 1.82) is 0 Å². The molecule has 3 aliphatic rings. The Balaban J connectivity index is 1.52. The number of aliphatic hydroxyl groups excluding tert-OH is 2. The van der Waals surface area contributed by atoms with E-state index >= 15 is 0 Å². The van der Waals surface area contributed by atoms with Gasteiger partial charge in [0.25, 0.3) is 5.69 Å². The van der Waals surface area contributed by atoms with E-state index in [1.54, 1.807) is 60.5 Å². The zero-order valence-corrected chi connectivity index (χ0v) is 35.5. The van der Waals surface area contributed by atoms with Crippen molar-refractivity contribution in [2.75, 3.05) is 26.9 Å². The molecule has 0 saturated heterocycles. The van der Waals surface area contributed by atoms with Crippen LogP contribution in [0.1, 0.15) is 88.3 Å². The van der Waals surface area contributed by atoms with E-state index in [0.29, 0.717) is 41.2 Å². The van der Waals surface area contributed by atoms with Crippen LogP contribution in [0, 0.1) is 33.7 Å². The fraction of sp³-hybridized carbons (Fsp3) is 0.458. The number of nitro benzene ring substituents is 1. The van der Waals surface area contributed by atoms with Gasteiger partial charge in [0.15, 0.2) is 0 Å². The number of hydrogen-bond acceptors (Lipinski definition) is 10. The summed E-state index contributed by atoms with van der Waals surface area (Å²) in [7, 11) is 1.70. The molecule has 13 heteroatoms. The molecule has 61 heavy (non-hydrogen) atoms. The molecule has 1 aliphatic heterocycles. The summed E-state index contributed by atoms with van der Waals surface area (Å²) in [6, 6.07) is 17.3. The molecule has 1 fully saturated rings. The number of nitro groups is 1. The van der Waals surface area contributed by atoms with Gasteiger partial charge in [-0.15, -0.1) is 6.58 Å². The number of hydrogen-bond donors (Lipinski definition) is 2. The lowest BCUT2D eigenvalue weighted by atomic mass is 9.55. The van der Waals surface area contributed by atoms with Gasteiger partial charge in [0.05, 0.1) is 23.2 Å². The molecule has 2 N–H and O–H groups in total. The molecule has 0 aromatic heterocycles. The molecule has 6 rings (SSSR count). The highest BCUT2D eigenvalue weighted by Crippen LogP contribution is 2.62. The minimum Gasteiger partial charge on any atom is -0.489 e. The Hall–Kier alpha value is -5.37. The predicted molar refractivity (Wildman–Crippen MR) is 231 cm³/mol. The first-order chi connectivity index (χ1) is 29.3. The quantitative estimate of drug-likeness (QED) is 0.0396. The number of nitrogens with zero attached hydrogens (tertiary/aromatic N) is 3. The van der Waals surface area contributed by atoms with Gasteiger partial charge in [-0.3, -0.25) is 14.9 Å². The number of unbranched alkanes of at least 4 members (excludes halogenated alkanes) is 2. The first-order valence-electron chi connectivity index (χ1n) is 21.1. The van der Waals surface area contributed by atoms with E-state index in [2.05, 4.69) is 12.7 Å². The van der Waals surface area contributed by atoms with Gasteiger partial charge in [0.1, 0.15) is 35.6 Å². The van der Waals surface area contributed by atoms with Crippen LogP contribution in [-0.2, 0) is 21.0 Å². The van der Waals surface area contributed by atoms with Crippen molar-refractivity contribution in [1.82, 2.24) is 4.90 Å². The molecule has 1 heterocycles. The van der Waals surface area contributed by atoms with Gasteiger partial charge in [-0.1, -0.05) is 48.3 Å². The number of allylic oxidation sites excluding steroid dienone is 1. The maximum atomic E-state index is 14.7. The summed E-state index contributed by atoms with van der Waals surface area (Å²) >= 11 is 0. The van der Waals surface area contributed by atoms with E-state index in [-0.39, 0.29) is 68.0 Å². The number of halogens is 1. The van der Waals surface area contributed by atoms with Crippen molar-refractivity contribution in [3.63, 3.8) is 0 Å². The van der Waals surface area contributed by atoms with Gasteiger partial charge in [0.2, 0.25) is 11.7 Å². The molecule has 12 nitrogen and oxygen atoms in total. The fourth-order valence-corrected chi connectivity index (χ4v) is 8.93. The Morgan fingerprint density at radius 3 is 2.46 bits per heavy atom. The minimum atomic E-state index is -1.45. The summed E-state index contributed by atoms with van der Waals surface area (Å²) in [6.45, 7) is 9.99. The number of fused-ring (bicyclic) bond motifs is 2. The van der Waals surface area contributed by atoms with Crippen LogP contribution in [0.15, 0.2) is 102 Å². The number of ether oxygens (including phenoxy) is 3. The van der Waals surface area contributed by atoms with Crippen LogP contribution in [0.4, 0.5) is 10.1 Å². The molecule has 0 unspecified atom stereocenters. The maximum absolute atomic E-state index is 14.7. The van der Waals surface area contributed by atoms with Crippen molar-refractivity contribution in [2.24, 2.45) is 22.9 Å². The molecule has 0 bridgehead atoms. The van der Waals surface area contributed by atoms with Crippen LogP contribution in [0.3, 0.4) is 0 Å². The monoisotopic (exact) mass is 839 g/mol. The third-order valence-electron chi connectivity index (χ3n) is 11.8. The predicted octanol–water partition coefficient (Wildman–Crippen LogP) is 8.92. The van der Waals surface area contributed by atoms with Crippen LogP contribution in [-0.4, -0.2) is 76.0 Å². The van der Waals surface area contributed by atoms with Gasteiger partial charge in [-0.25, -0.2) is 4.39 Å². The second-order valence-corrected chi connectivity index (χ2v) is 17.0. The molecule has 3 aromatic rings. The Bertz CT molecular complexity index is 2110. The summed E-state index contributed by atoms with van der Waals surface area (Å²) in [5.74, 6) is -1.83. The Kier molecular flexibility index (Phi) is 14.8. The number of amides is 1. The Morgan fingerprint density at radius 1 is 1.07 bits per heavy atom. The largest absolute Gasteiger partial charge is 0.489 e. The average Bonchev–Trinajstić information content (AvgIpc) is 3.24. The van der Waals surface area contributed by atoms with E-state index in [4.69, 9.17) is 24.2 Å². The Morgan fingerprint density at radius 2 is 1.79 bits per heavy atom. The minimum absolute atomic E-state index is 0.00161. The molecular formula is C48H58FN3O9. The first kappa shape index (κ1) is 45.2. The second kappa shape index (κ2) is 20.0. The average molecular weight is 840 g/mol. The van der Waals surface area contributed by atoms with Gasteiger partial charge in [-0.2, -0.15) is 0 Å². The summed E-state index contributed by atoms with van der Waals surface area (Å²) in [6.07, 6.45) is 11.6. The van der Waals surface area contributed by atoms with Crippen molar-refractivity contribution in [2.45, 2.75) is 95.7 Å². The third-order valence-corrected chi connectivity index (χ3v) is 11.8. The first-order valence-corrected chi connectivity index (χ1v) is 21.1. The lowest BCUT2D eigenvalue weighted by Gasteiger charge is -2.59. The zero-order valence-electron chi connectivity index (χ0n) is 35.5. The zero-order chi connectivity index (χ0) is 43.7. The highest BCUT2D eigenvalue weighted by atomic mass is 19.1. The SMILES string of the molecule is C=CCO[C@@]12Oc3ccc(OCc4ccccc4F)cc3[C@H]3[C@H](CCCCO)[C@@H](CCCCO)C=C(C(=NOC(C)(C)C)C[C@@H]1N(C)C(=O)C=Cc1ccc([N+](=O)[O-])cc1)[C@H]32. The molecule has 3 aromatic carbocycles. The number of non-ortho nitro benzene ring substituents is 1. The van der Waals surface area contributed by atoms with E-state index in [0.717, 1.165) is 36.8 Å². The number of aliphatic hydroxyl groups is 2. The summed E-state index contributed by atoms with van der Waals surface area (Å²) in [5, 5.41) is 35.8. The van der Waals surface area contributed by atoms with Crippen LogP contribution in [0.25, 0.3) is 6.08 Å². The number of benzene rings is 3. The maximum Gasteiger partial charge on any atom is 0.269 e. The highest BCUT2D eigenvalue weighted by molar-refractivity contribution is 6.03. The number of rotatable bonds is 19. The van der Waals surface area contributed by atoms with Crippen LogP contribution >= 0.6 is 0 Å². The normalized spacial score (nSPS) is 23.7. The standard InChI is InChI=1S/C48H58FN3O9/c1-6-27-59-48-43(51(5)44(55)24-19-32-17-20-35(21-18-32)52(56)57)30-41(50-61-47(2,3)4)38-28-33(13-9-11-25-53)37(15-10-12-26-54)45(46(38)48)39-29-36(22-23-42(39)60-48)58-31-34-14-7-8-16-40(34)49/h6-8,14,16-24,28-29,33,37,43,45-46,53-54H,1,9-13,15,25-27,30-31H2,2-5H3/t33-,37+,43-,45+,46+,48+/m0/s1. The summed E-state index contributed by atoms with van der Waals surface area (Å²) in [4.78, 5) is 32.9. The topological polar surface area (TPSA) is 153 Å².